The van der Waals surface area contributed by atoms with Gasteiger partial charge in [-0.2, -0.15) is 4.98 Å². The molecule has 96 valence electrons. The lowest BCUT2D eigenvalue weighted by Crippen LogP contribution is -1.92. The Morgan fingerprint density at radius 2 is 1.89 bits per heavy atom. The highest BCUT2D eigenvalue weighted by Crippen LogP contribution is 2.24. The number of hydrogen-bond donors (Lipinski definition) is 1. The van der Waals surface area contributed by atoms with Crippen LogP contribution >= 0.6 is 0 Å². The SMILES string of the molecule is COc1ccc(-c2cc(C)c3nc(N)nn3c2)cc1. The zero-order chi connectivity index (χ0) is 13.4. The first-order valence-electron chi connectivity index (χ1n) is 5.94. The maximum absolute atomic E-state index is 5.63. The maximum atomic E-state index is 5.63. The molecule has 2 heterocycles. The molecule has 0 aliphatic heterocycles. The number of nitrogens with zero attached hydrogens (tertiary/aromatic N) is 3. The molecule has 2 N–H and O–H groups in total. The maximum Gasteiger partial charge on any atom is 0.240 e. The van der Waals surface area contributed by atoms with Crippen LogP contribution in [0.15, 0.2) is 36.5 Å². The predicted octanol–water partition coefficient (Wildman–Crippen LogP) is 2.30. The standard InChI is InChI=1S/C14H14N4O/c1-9-7-11(8-18-13(9)16-14(15)17-18)10-3-5-12(19-2)6-4-10/h3-8H,1-2H3,(H2,15,17). The van der Waals surface area contributed by atoms with Crippen LogP contribution in [0.5, 0.6) is 5.75 Å². The van der Waals surface area contributed by atoms with Crippen molar-refractivity contribution >= 4 is 11.6 Å². The summed E-state index contributed by atoms with van der Waals surface area (Å²) in [5.74, 6) is 1.13. The van der Waals surface area contributed by atoms with Crippen LogP contribution < -0.4 is 10.5 Å². The number of ether oxygens (including phenoxy) is 1. The molecule has 5 nitrogen and oxygen atoms in total. The summed E-state index contributed by atoms with van der Waals surface area (Å²) in [6.45, 7) is 2.00. The molecule has 0 aliphatic rings. The molecular formula is C14H14N4O. The molecule has 0 radical (unpaired) electrons. The van der Waals surface area contributed by atoms with Crippen molar-refractivity contribution in [3.63, 3.8) is 0 Å². The van der Waals surface area contributed by atoms with Gasteiger partial charge >= 0.3 is 0 Å². The monoisotopic (exact) mass is 254 g/mol. The first-order valence-corrected chi connectivity index (χ1v) is 5.94. The topological polar surface area (TPSA) is 65.4 Å². The number of anilines is 1. The van der Waals surface area contributed by atoms with Crippen molar-refractivity contribution in [2.75, 3.05) is 12.8 Å². The number of aryl methyl sites for hydroxylation is 1. The van der Waals surface area contributed by atoms with Gasteiger partial charge in [-0.3, -0.25) is 0 Å². The lowest BCUT2D eigenvalue weighted by atomic mass is 10.1. The summed E-state index contributed by atoms with van der Waals surface area (Å²) >= 11 is 0. The number of nitrogen functional groups attached to an aromatic ring is 1. The van der Waals surface area contributed by atoms with Crippen LogP contribution in [0.4, 0.5) is 5.95 Å². The fraction of sp³-hybridized carbons (Fsp3) is 0.143. The van der Waals surface area contributed by atoms with E-state index < -0.39 is 0 Å². The summed E-state index contributed by atoms with van der Waals surface area (Å²) in [5.41, 5.74) is 9.62. The van der Waals surface area contributed by atoms with Gasteiger partial charge in [-0.15, -0.1) is 5.10 Å². The molecule has 19 heavy (non-hydrogen) atoms. The molecule has 2 aromatic heterocycles. The van der Waals surface area contributed by atoms with Crippen molar-refractivity contribution in [2.24, 2.45) is 0 Å². The zero-order valence-corrected chi connectivity index (χ0v) is 10.8. The van der Waals surface area contributed by atoms with Crippen molar-refractivity contribution in [1.82, 2.24) is 14.6 Å². The minimum atomic E-state index is 0.287. The van der Waals surface area contributed by atoms with E-state index >= 15 is 0 Å². The third kappa shape index (κ3) is 1.99. The van der Waals surface area contributed by atoms with Crippen molar-refractivity contribution in [2.45, 2.75) is 6.92 Å². The highest BCUT2D eigenvalue weighted by atomic mass is 16.5. The molecule has 0 amide bonds. The Kier molecular flexibility index (Phi) is 2.59. The molecular weight excluding hydrogens is 240 g/mol. The van der Waals surface area contributed by atoms with Crippen molar-refractivity contribution in [3.8, 4) is 16.9 Å². The molecule has 0 aliphatic carbocycles. The second-order valence-electron chi connectivity index (χ2n) is 4.38. The fourth-order valence-electron chi connectivity index (χ4n) is 2.11. The summed E-state index contributed by atoms with van der Waals surface area (Å²) in [6, 6.07) is 9.97. The van der Waals surface area contributed by atoms with Crippen molar-refractivity contribution < 1.29 is 4.74 Å². The van der Waals surface area contributed by atoms with Gasteiger partial charge in [-0.1, -0.05) is 12.1 Å². The first-order chi connectivity index (χ1) is 9.17. The van der Waals surface area contributed by atoms with Crippen LogP contribution in [-0.4, -0.2) is 21.7 Å². The van der Waals surface area contributed by atoms with Gasteiger partial charge < -0.3 is 10.5 Å². The highest BCUT2D eigenvalue weighted by Gasteiger charge is 2.07. The van der Waals surface area contributed by atoms with Crippen LogP contribution in [0, 0.1) is 6.92 Å². The number of rotatable bonds is 2. The molecule has 0 unspecified atom stereocenters. The molecule has 0 bridgehead atoms. The van der Waals surface area contributed by atoms with Gasteiger partial charge in [0.05, 0.1) is 7.11 Å². The Bertz CT molecular complexity index is 731. The third-order valence-corrected chi connectivity index (χ3v) is 3.06. The largest absolute Gasteiger partial charge is 0.497 e. The number of benzene rings is 1. The summed E-state index contributed by atoms with van der Waals surface area (Å²) in [6.07, 6.45) is 1.92. The van der Waals surface area contributed by atoms with E-state index in [2.05, 4.69) is 16.1 Å². The van der Waals surface area contributed by atoms with E-state index in [-0.39, 0.29) is 5.95 Å². The van der Waals surface area contributed by atoms with Gasteiger partial charge in [0.2, 0.25) is 5.95 Å². The van der Waals surface area contributed by atoms with Crippen molar-refractivity contribution in [1.29, 1.82) is 0 Å². The van der Waals surface area contributed by atoms with E-state index in [9.17, 15) is 0 Å². The molecule has 0 atom stereocenters. The number of methoxy groups -OCH3 is 1. The fourth-order valence-corrected chi connectivity index (χ4v) is 2.11. The second kappa shape index (κ2) is 4.28. The smallest absolute Gasteiger partial charge is 0.240 e. The Morgan fingerprint density at radius 3 is 2.58 bits per heavy atom. The average molecular weight is 254 g/mol. The third-order valence-electron chi connectivity index (χ3n) is 3.06. The van der Waals surface area contributed by atoms with E-state index in [1.54, 1.807) is 11.6 Å². The summed E-state index contributed by atoms with van der Waals surface area (Å²) in [7, 11) is 1.66. The average Bonchev–Trinajstić information content (AvgIpc) is 2.80. The predicted molar refractivity (Wildman–Crippen MR) is 74.1 cm³/mol. The van der Waals surface area contributed by atoms with Crippen LogP contribution in [0.1, 0.15) is 5.56 Å². The number of aromatic nitrogens is 3. The lowest BCUT2D eigenvalue weighted by Gasteiger charge is -2.06. The molecule has 3 rings (SSSR count). The number of nitrogens with two attached hydrogens (primary N) is 1. The Labute approximate surface area is 110 Å². The van der Waals surface area contributed by atoms with Gasteiger partial charge in [0.1, 0.15) is 5.75 Å². The molecule has 5 heteroatoms. The molecule has 0 fully saturated rings. The van der Waals surface area contributed by atoms with Gasteiger partial charge in [0, 0.05) is 11.8 Å². The molecule has 0 saturated heterocycles. The van der Waals surface area contributed by atoms with Crippen LogP contribution in [0.3, 0.4) is 0 Å². The van der Waals surface area contributed by atoms with Crippen LogP contribution in [-0.2, 0) is 0 Å². The van der Waals surface area contributed by atoms with E-state index in [1.807, 2.05) is 37.4 Å². The summed E-state index contributed by atoms with van der Waals surface area (Å²) in [5, 5.41) is 4.15. The van der Waals surface area contributed by atoms with Crippen molar-refractivity contribution in [3.05, 3.63) is 42.1 Å². The van der Waals surface area contributed by atoms with Gasteiger partial charge in [-0.05, 0) is 36.2 Å². The highest BCUT2D eigenvalue weighted by molar-refractivity contribution is 5.67. The molecule has 3 aromatic rings. The Morgan fingerprint density at radius 1 is 1.16 bits per heavy atom. The lowest BCUT2D eigenvalue weighted by molar-refractivity contribution is 0.415. The molecule has 1 aromatic carbocycles. The molecule has 0 spiro atoms. The number of fused-ring (bicyclic) bond motifs is 1. The summed E-state index contributed by atoms with van der Waals surface area (Å²) in [4.78, 5) is 4.18. The number of hydrogen-bond acceptors (Lipinski definition) is 4. The Balaban J connectivity index is 2.13. The summed E-state index contributed by atoms with van der Waals surface area (Å²) < 4.78 is 6.87. The van der Waals surface area contributed by atoms with Gasteiger partial charge in [-0.25, -0.2) is 4.52 Å². The van der Waals surface area contributed by atoms with E-state index in [4.69, 9.17) is 10.5 Å². The minimum absolute atomic E-state index is 0.287. The van der Waals surface area contributed by atoms with E-state index in [1.165, 1.54) is 0 Å². The second-order valence-corrected chi connectivity index (χ2v) is 4.38. The van der Waals surface area contributed by atoms with Gasteiger partial charge in [0.25, 0.3) is 0 Å². The number of pyridine rings is 1. The normalized spacial score (nSPS) is 10.8. The quantitative estimate of drug-likeness (QED) is 0.762. The molecule has 0 saturated carbocycles. The first kappa shape index (κ1) is 11.5. The van der Waals surface area contributed by atoms with E-state index in [0.717, 1.165) is 28.1 Å². The van der Waals surface area contributed by atoms with Crippen LogP contribution in [0.25, 0.3) is 16.8 Å². The zero-order valence-electron chi connectivity index (χ0n) is 10.8. The minimum Gasteiger partial charge on any atom is -0.497 e. The van der Waals surface area contributed by atoms with Gasteiger partial charge in [0.15, 0.2) is 5.65 Å². The van der Waals surface area contributed by atoms with E-state index in [0.29, 0.717) is 0 Å². The Hall–Kier alpha value is -2.56. The van der Waals surface area contributed by atoms with Crippen LogP contribution in [0.2, 0.25) is 0 Å².